The lowest BCUT2D eigenvalue weighted by Crippen LogP contribution is -2.16. The van der Waals surface area contributed by atoms with Gasteiger partial charge in [-0.3, -0.25) is 0 Å². The summed E-state index contributed by atoms with van der Waals surface area (Å²) in [6.45, 7) is -0.304. The van der Waals surface area contributed by atoms with E-state index in [1.807, 2.05) is 0 Å². The van der Waals surface area contributed by atoms with Crippen LogP contribution in [-0.4, -0.2) is 21.7 Å². The quantitative estimate of drug-likeness (QED) is 0.906. The molecule has 0 saturated carbocycles. The number of aromatic nitrogens is 2. The molecule has 2 rings (SSSR count). The molecule has 0 amide bonds. The van der Waals surface area contributed by atoms with Crippen LogP contribution in [0.3, 0.4) is 0 Å². The van der Waals surface area contributed by atoms with Gasteiger partial charge in [-0.15, -0.1) is 0 Å². The maximum atomic E-state index is 13.3. The first-order valence-electron chi connectivity index (χ1n) is 5.40. The van der Waals surface area contributed by atoms with Gasteiger partial charge in [0.15, 0.2) is 5.82 Å². The number of aliphatic hydroxyl groups excluding tert-OH is 1. The molecular weight excluding hydrogens is 276 g/mol. The third kappa shape index (κ3) is 3.36. The fourth-order valence-corrected chi connectivity index (χ4v) is 1.62. The lowest BCUT2D eigenvalue weighted by molar-refractivity contribution is 0.275. The smallest absolute Gasteiger partial charge is 0.223 e. The molecule has 1 heterocycles. The SMILES string of the molecule is OC[C@H](Nc1ncc(F)cn1)c1ccc(Cl)c(F)c1. The molecule has 2 aromatic rings. The van der Waals surface area contributed by atoms with Crippen molar-refractivity contribution >= 4 is 17.5 Å². The van der Waals surface area contributed by atoms with Gasteiger partial charge in [-0.2, -0.15) is 0 Å². The molecule has 1 atom stereocenters. The van der Waals surface area contributed by atoms with E-state index in [0.717, 1.165) is 12.4 Å². The van der Waals surface area contributed by atoms with Crippen molar-refractivity contribution in [2.45, 2.75) is 6.04 Å². The van der Waals surface area contributed by atoms with Crippen LogP contribution >= 0.6 is 11.6 Å². The summed E-state index contributed by atoms with van der Waals surface area (Å²) in [7, 11) is 0. The standard InChI is InChI=1S/C12H10ClF2N3O/c13-9-2-1-7(3-10(9)15)11(6-19)18-12-16-4-8(14)5-17-12/h1-5,11,19H,6H2,(H,16,17,18)/t11-/m0/s1. The number of hydrogen-bond donors (Lipinski definition) is 2. The first-order valence-corrected chi connectivity index (χ1v) is 5.78. The lowest BCUT2D eigenvalue weighted by atomic mass is 10.1. The van der Waals surface area contributed by atoms with Crippen LogP contribution in [0.15, 0.2) is 30.6 Å². The van der Waals surface area contributed by atoms with E-state index in [4.69, 9.17) is 11.6 Å². The zero-order valence-electron chi connectivity index (χ0n) is 9.65. The Morgan fingerprint density at radius 3 is 2.53 bits per heavy atom. The topological polar surface area (TPSA) is 58.0 Å². The van der Waals surface area contributed by atoms with Crippen molar-refractivity contribution in [3.63, 3.8) is 0 Å². The third-order valence-corrected chi connectivity index (χ3v) is 2.76. The van der Waals surface area contributed by atoms with Crippen LogP contribution in [0.4, 0.5) is 14.7 Å². The second-order valence-electron chi connectivity index (χ2n) is 3.78. The summed E-state index contributed by atoms with van der Waals surface area (Å²) in [5, 5.41) is 12.1. The maximum absolute atomic E-state index is 13.3. The summed E-state index contributed by atoms with van der Waals surface area (Å²) < 4.78 is 26.0. The number of rotatable bonds is 4. The van der Waals surface area contributed by atoms with Crippen molar-refractivity contribution in [1.82, 2.24) is 9.97 Å². The van der Waals surface area contributed by atoms with Crippen LogP contribution in [0.5, 0.6) is 0 Å². The molecule has 0 aliphatic carbocycles. The minimum Gasteiger partial charge on any atom is -0.394 e. The Morgan fingerprint density at radius 1 is 1.26 bits per heavy atom. The number of benzene rings is 1. The Balaban J connectivity index is 2.19. The molecule has 1 aromatic carbocycles. The molecule has 0 spiro atoms. The van der Waals surface area contributed by atoms with E-state index in [1.165, 1.54) is 12.1 Å². The van der Waals surface area contributed by atoms with Crippen molar-refractivity contribution in [2.24, 2.45) is 0 Å². The molecule has 0 aliphatic rings. The van der Waals surface area contributed by atoms with Crippen molar-refractivity contribution in [1.29, 1.82) is 0 Å². The molecule has 0 aliphatic heterocycles. The number of hydrogen-bond acceptors (Lipinski definition) is 4. The summed E-state index contributed by atoms with van der Waals surface area (Å²) in [5.41, 5.74) is 0.484. The molecule has 100 valence electrons. The van der Waals surface area contributed by atoms with Crippen LogP contribution in [-0.2, 0) is 0 Å². The molecule has 0 bridgehead atoms. The van der Waals surface area contributed by atoms with Gasteiger partial charge in [0.1, 0.15) is 5.82 Å². The van der Waals surface area contributed by atoms with Gasteiger partial charge in [-0.1, -0.05) is 17.7 Å². The first kappa shape index (κ1) is 13.6. The van der Waals surface area contributed by atoms with Crippen LogP contribution < -0.4 is 5.32 Å². The van der Waals surface area contributed by atoms with E-state index < -0.39 is 17.7 Å². The summed E-state index contributed by atoms with van der Waals surface area (Å²) in [6, 6.07) is 3.56. The Hall–Kier alpha value is -1.79. The first-order chi connectivity index (χ1) is 9.10. The van der Waals surface area contributed by atoms with Crippen LogP contribution in [0.25, 0.3) is 0 Å². The number of anilines is 1. The minimum atomic E-state index is -0.614. The van der Waals surface area contributed by atoms with E-state index >= 15 is 0 Å². The van der Waals surface area contributed by atoms with Crippen molar-refractivity contribution < 1.29 is 13.9 Å². The highest BCUT2D eigenvalue weighted by molar-refractivity contribution is 6.30. The highest BCUT2D eigenvalue weighted by Gasteiger charge is 2.13. The molecule has 0 fully saturated rings. The van der Waals surface area contributed by atoms with Gasteiger partial charge >= 0.3 is 0 Å². The molecule has 4 nitrogen and oxygen atoms in total. The molecule has 7 heteroatoms. The van der Waals surface area contributed by atoms with Gasteiger partial charge in [0, 0.05) is 0 Å². The molecule has 0 saturated heterocycles. The zero-order valence-corrected chi connectivity index (χ0v) is 10.4. The Bertz CT molecular complexity index is 565. The monoisotopic (exact) mass is 285 g/mol. The predicted molar refractivity (Wildman–Crippen MR) is 66.8 cm³/mol. The predicted octanol–water partition coefficient (Wildman–Crippen LogP) is 2.55. The van der Waals surface area contributed by atoms with E-state index in [0.29, 0.717) is 5.56 Å². The Labute approximate surface area is 113 Å². The van der Waals surface area contributed by atoms with Crippen LogP contribution in [0.2, 0.25) is 5.02 Å². The molecule has 2 N–H and O–H groups in total. The Kier molecular flexibility index (Phi) is 4.24. The largest absolute Gasteiger partial charge is 0.394 e. The summed E-state index contributed by atoms with van der Waals surface area (Å²) in [6.07, 6.45) is 1.98. The second-order valence-corrected chi connectivity index (χ2v) is 4.19. The van der Waals surface area contributed by atoms with Gasteiger partial charge in [0.05, 0.1) is 30.1 Å². The van der Waals surface area contributed by atoms with Gasteiger partial charge in [0.25, 0.3) is 0 Å². The molecular formula is C12H10ClF2N3O. The second kappa shape index (κ2) is 5.90. The zero-order chi connectivity index (χ0) is 13.8. The maximum Gasteiger partial charge on any atom is 0.223 e. The van der Waals surface area contributed by atoms with Crippen molar-refractivity contribution in [3.8, 4) is 0 Å². The van der Waals surface area contributed by atoms with E-state index in [-0.39, 0.29) is 17.6 Å². The third-order valence-electron chi connectivity index (χ3n) is 2.45. The number of nitrogens with zero attached hydrogens (tertiary/aromatic N) is 2. The molecule has 0 radical (unpaired) electrons. The normalized spacial score (nSPS) is 12.2. The van der Waals surface area contributed by atoms with Crippen LogP contribution in [0, 0.1) is 11.6 Å². The summed E-state index contributed by atoms with van der Waals surface area (Å²) in [4.78, 5) is 7.41. The van der Waals surface area contributed by atoms with Crippen molar-refractivity contribution in [3.05, 3.63) is 52.8 Å². The fraction of sp³-hybridized carbons (Fsp3) is 0.167. The highest BCUT2D eigenvalue weighted by Crippen LogP contribution is 2.22. The fourth-order valence-electron chi connectivity index (χ4n) is 1.51. The number of aliphatic hydroxyl groups is 1. The average Bonchev–Trinajstić information content (AvgIpc) is 2.41. The molecule has 0 unspecified atom stereocenters. The lowest BCUT2D eigenvalue weighted by Gasteiger charge is -2.16. The van der Waals surface area contributed by atoms with E-state index in [2.05, 4.69) is 15.3 Å². The number of halogens is 3. The van der Waals surface area contributed by atoms with Crippen LogP contribution in [0.1, 0.15) is 11.6 Å². The van der Waals surface area contributed by atoms with Gasteiger partial charge in [-0.25, -0.2) is 18.7 Å². The van der Waals surface area contributed by atoms with Crippen molar-refractivity contribution in [2.75, 3.05) is 11.9 Å². The Morgan fingerprint density at radius 2 is 1.95 bits per heavy atom. The highest BCUT2D eigenvalue weighted by atomic mass is 35.5. The summed E-state index contributed by atoms with van der Waals surface area (Å²) in [5.74, 6) is -1.01. The summed E-state index contributed by atoms with van der Waals surface area (Å²) >= 11 is 5.58. The molecule has 19 heavy (non-hydrogen) atoms. The van der Waals surface area contributed by atoms with Gasteiger partial charge in [-0.05, 0) is 17.7 Å². The van der Waals surface area contributed by atoms with E-state index in [9.17, 15) is 13.9 Å². The van der Waals surface area contributed by atoms with Gasteiger partial charge < -0.3 is 10.4 Å². The number of nitrogens with one attached hydrogen (secondary N) is 1. The van der Waals surface area contributed by atoms with Gasteiger partial charge in [0.2, 0.25) is 5.95 Å². The average molecular weight is 286 g/mol. The minimum absolute atomic E-state index is 0.00141. The van der Waals surface area contributed by atoms with E-state index in [1.54, 1.807) is 6.07 Å². The molecule has 1 aromatic heterocycles.